The smallest absolute Gasteiger partial charge is 0.296 e. The van der Waals surface area contributed by atoms with E-state index in [4.69, 9.17) is 0 Å². The van der Waals surface area contributed by atoms with E-state index < -0.39 is 29.0 Å². The van der Waals surface area contributed by atoms with E-state index >= 15 is 0 Å². The van der Waals surface area contributed by atoms with E-state index in [0.717, 1.165) is 0 Å². The zero-order valence-electron chi connectivity index (χ0n) is 12.8. The molecule has 128 valence electrons. The van der Waals surface area contributed by atoms with Gasteiger partial charge in [0.05, 0.1) is 0 Å². The van der Waals surface area contributed by atoms with Crippen molar-refractivity contribution >= 4 is 5.78 Å². The maximum absolute atomic E-state index is 13.2. The zero-order valence-corrected chi connectivity index (χ0v) is 12.8. The Balaban J connectivity index is 2.97. The number of halogens is 3. The molecule has 0 heterocycles. The number of rotatable bonds is 8. The van der Waals surface area contributed by atoms with Gasteiger partial charge in [-0.2, -0.15) is 13.2 Å². The van der Waals surface area contributed by atoms with Crippen molar-refractivity contribution in [3.8, 4) is 0 Å². The van der Waals surface area contributed by atoms with Crippen molar-refractivity contribution in [2.24, 2.45) is 5.92 Å². The Labute approximate surface area is 132 Å². The first-order chi connectivity index (χ1) is 10.6. The molecule has 0 unspecified atom stereocenters. The lowest BCUT2D eigenvalue weighted by Gasteiger charge is -2.24. The van der Waals surface area contributed by atoms with Crippen LogP contribution in [-0.2, 0) is 11.3 Å². The van der Waals surface area contributed by atoms with Crippen LogP contribution in [0.5, 0.6) is 0 Å². The molecule has 1 aromatic rings. The SMILES string of the molecule is CC(C)CC(=O)[C@@H]([C@H](NCc1ccccc1)C(F)(F)F)[N+](=O)[O-]. The third-order valence-corrected chi connectivity index (χ3v) is 3.20. The Morgan fingerprint density at radius 1 is 1.26 bits per heavy atom. The van der Waals surface area contributed by atoms with Crippen LogP contribution >= 0.6 is 0 Å². The maximum Gasteiger partial charge on any atom is 0.411 e. The topological polar surface area (TPSA) is 72.2 Å². The quantitative estimate of drug-likeness (QED) is 0.587. The molecule has 0 saturated heterocycles. The number of carbonyl (C=O) groups excluding carboxylic acids is 1. The molecule has 1 N–H and O–H groups in total. The Morgan fingerprint density at radius 3 is 2.26 bits per heavy atom. The molecule has 23 heavy (non-hydrogen) atoms. The van der Waals surface area contributed by atoms with Gasteiger partial charge in [-0.25, -0.2) is 0 Å². The van der Waals surface area contributed by atoms with E-state index in [1.165, 1.54) is 0 Å². The second-order valence-electron chi connectivity index (χ2n) is 5.68. The van der Waals surface area contributed by atoms with Crippen LogP contribution in [0.2, 0.25) is 0 Å². The predicted octanol–water partition coefficient (Wildman–Crippen LogP) is 2.97. The van der Waals surface area contributed by atoms with Crippen LogP contribution in [-0.4, -0.2) is 29.0 Å². The molecule has 0 saturated carbocycles. The van der Waals surface area contributed by atoms with Gasteiger partial charge >= 0.3 is 6.18 Å². The first-order valence-corrected chi connectivity index (χ1v) is 7.13. The van der Waals surface area contributed by atoms with Crippen LogP contribution in [0.1, 0.15) is 25.8 Å². The van der Waals surface area contributed by atoms with Crippen molar-refractivity contribution in [3.63, 3.8) is 0 Å². The van der Waals surface area contributed by atoms with Crippen LogP contribution in [0.25, 0.3) is 0 Å². The molecular weight excluding hydrogens is 313 g/mol. The predicted molar refractivity (Wildman–Crippen MR) is 78.4 cm³/mol. The average molecular weight is 332 g/mol. The highest BCUT2D eigenvalue weighted by Gasteiger charge is 2.53. The zero-order chi connectivity index (χ0) is 17.6. The number of nitrogens with zero attached hydrogens (tertiary/aromatic N) is 1. The first kappa shape index (κ1) is 19.1. The summed E-state index contributed by atoms with van der Waals surface area (Å²) in [5.41, 5.74) is 0.542. The summed E-state index contributed by atoms with van der Waals surface area (Å²) in [4.78, 5) is 21.8. The lowest BCUT2D eigenvalue weighted by Crippen LogP contribution is -2.56. The second kappa shape index (κ2) is 8.05. The van der Waals surface area contributed by atoms with Gasteiger partial charge in [0.1, 0.15) is 0 Å². The number of nitrogens with one attached hydrogen (secondary N) is 1. The molecule has 0 aliphatic heterocycles. The van der Waals surface area contributed by atoms with Gasteiger partial charge in [0.15, 0.2) is 6.04 Å². The van der Waals surface area contributed by atoms with Crippen molar-refractivity contribution in [1.29, 1.82) is 0 Å². The monoisotopic (exact) mass is 332 g/mol. The van der Waals surface area contributed by atoms with E-state index in [9.17, 15) is 28.1 Å². The Kier molecular flexibility index (Phi) is 6.68. The van der Waals surface area contributed by atoms with Crippen molar-refractivity contribution in [2.75, 3.05) is 0 Å². The van der Waals surface area contributed by atoms with Crippen LogP contribution < -0.4 is 5.32 Å². The van der Waals surface area contributed by atoms with Crippen LogP contribution in [0.4, 0.5) is 13.2 Å². The fourth-order valence-electron chi connectivity index (χ4n) is 2.18. The minimum Gasteiger partial charge on any atom is -0.296 e. The fourth-order valence-corrected chi connectivity index (χ4v) is 2.18. The molecular formula is C15H19F3N2O3. The summed E-state index contributed by atoms with van der Waals surface area (Å²) < 4.78 is 39.6. The highest BCUT2D eigenvalue weighted by molar-refractivity contribution is 5.83. The van der Waals surface area contributed by atoms with E-state index in [0.29, 0.717) is 5.56 Å². The van der Waals surface area contributed by atoms with E-state index in [1.807, 2.05) is 0 Å². The van der Waals surface area contributed by atoms with Crippen LogP contribution in [0.15, 0.2) is 30.3 Å². The lowest BCUT2D eigenvalue weighted by molar-refractivity contribution is -0.519. The molecule has 0 fully saturated rings. The molecule has 0 spiro atoms. The molecule has 0 aromatic heterocycles. The molecule has 0 amide bonds. The van der Waals surface area contributed by atoms with Gasteiger partial charge in [-0.15, -0.1) is 0 Å². The standard InChI is InChI=1S/C15H19F3N2O3/c1-10(2)8-12(21)13(20(22)23)14(15(16,17)18)19-9-11-6-4-3-5-7-11/h3-7,10,13-14,19H,8-9H2,1-2H3/t13-,14-/m0/s1. The highest BCUT2D eigenvalue weighted by Crippen LogP contribution is 2.26. The number of nitro groups is 1. The van der Waals surface area contributed by atoms with E-state index in [1.54, 1.807) is 44.2 Å². The maximum atomic E-state index is 13.2. The third kappa shape index (κ3) is 5.97. The number of carbonyl (C=O) groups is 1. The van der Waals surface area contributed by atoms with Gasteiger partial charge in [0.25, 0.3) is 6.04 Å². The summed E-state index contributed by atoms with van der Waals surface area (Å²) in [7, 11) is 0. The van der Waals surface area contributed by atoms with Gasteiger partial charge in [0, 0.05) is 17.9 Å². The third-order valence-electron chi connectivity index (χ3n) is 3.20. The average Bonchev–Trinajstić information content (AvgIpc) is 2.41. The molecule has 5 nitrogen and oxygen atoms in total. The second-order valence-corrected chi connectivity index (χ2v) is 5.68. The summed E-state index contributed by atoms with van der Waals surface area (Å²) in [5, 5.41) is 13.2. The molecule has 8 heteroatoms. The number of hydrogen-bond donors (Lipinski definition) is 1. The molecule has 0 radical (unpaired) electrons. The molecule has 0 aliphatic rings. The normalized spacial score (nSPS) is 14.5. The van der Waals surface area contributed by atoms with Gasteiger partial charge in [0.2, 0.25) is 5.78 Å². The Morgan fingerprint density at radius 2 is 1.83 bits per heavy atom. The summed E-state index contributed by atoms with van der Waals surface area (Å²) in [5.74, 6) is -1.28. The fraction of sp³-hybridized carbons (Fsp3) is 0.533. The number of Topliss-reactive ketones (excluding diaryl/α,β-unsaturated/α-hetero) is 1. The van der Waals surface area contributed by atoms with Crippen LogP contribution in [0, 0.1) is 16.0 Å². The summed E-state index contributed by atoms with van der Waals surface area (Å²) in [6.07, 6.45) is -5.18. The van der Waals surface area contributed by atoms with Crippen molar-refractivity contribution in [1.82, 2.24) is 5.32 Å². The van der Waals surface area contributed by atoms with Crippen LogP contribution in [0.3, 0.4) is 0 Å². The Bertz CT molecular complexity index is 533. The van der Waals surface area contributed by atoms with Gasteiger partial charge in [-0.3, -0.25) is 20.2 Å². The van der Waals surface area contributed by atoms with Crippen molar-refractivity contribution < 1.29 is 22.9 Å². The minimum atomic E-state index is -4.90. The van der Waals surface area contributed by atoms with E-state index in [-0.39, 0.29) is 18.9 Å². The molecule has 2 atom stereocenters. The minimum absolute atomic E-state index is 0.218. The molecule has 0 bridgehead atoms. The van der Waals surface area contributed by atoms with Gasteiger partial charge in [-0.1, -0.05) is 44.2 Å². The number of alkyl halides is 3. The van der Waals surface area contributed by atoms with E-state index in [2.05, 4.69) is 5.32 Å². The first-order valence-electron chi connectivity index (χ1n) is 7.13. The Hall–Kier alpha value is -1.96. The van der Waals surface area contributed by atoms with Gasteiger partial charge < -0.3 is 0 Å². The van der Waals surface area contributed by atoms with Crippen molar-refractivity contribution in [3.05, 3.63) is 46.0 Å². The highest BCUT2D eigenvalue weighted by atomic mass is 19.4. The summed E-state index contributed by atoms with van der Waals surface area (Å²) >= 11 is 0. The molecule has 0 aliphatic carbocycles. The number of ketones is 1. The molecule has 1 rings (SSSR count). The number of hydrogen-bond acceptors (Lipinski definition) is 4. The lowest BCUT2D eigenvalue weighted by atomic mass is 9.96. The van der Waals surface area contributed by atoms with Crippen molar-refractivity contribution in [2.45, 2.75) is 45.1 Å². The largest absolute Gasteiger partial charge is 0.411 e. The summed E-state index contributed by atoms with van der Waals surface area (Å²) in [6.45, 7) is 3.02. The summed E-state index contributed by atoms with van der Waals surface area (Å²) in [6, 6.07) is 3.32. The van der Waals surface area contributed by atoms with Gasteiger partial charge in [-0.05, 0) is 11.5 Å². The number of benzene rings is 1. The molecule has 1 aromatic carbocycles.